The number of nitriles is 1. The van der Waals surface area contributed by atoms with Gasteiger partial charge in [-0.05, 0) is 40.2 Å². The van der Waals surface area contributed by atoms with E-state index in [-0.39, 0.29) is 43.0 Å². The zero-order valence-electron chi connectivity index (χ0n) is 18.5. The molecule has 11 heteroatoms. The van der Waals surface area contributed by atoms with Crippen LogP contribution in [0.25, 0.3) is 0 Å². The molecule has 1 aliphatic heterocycles. The van der Waals surface area contributed by atoms with E-state index in [1.165, 1.54) is 6.92 Å². The van der Waals surface area contributed by atoms with Crippen LogP contribution in [0, 0.1) is 11.3 Å². The second-order valence-electron chi connectivity index (χ2n) is 8.31. The predicted molar refractivity (Wildman–Crippen MR) is 109 cm³/mol. The van der Waals surface area contributed by atoms with Crippen LogP contribution in [0.15, 0.2) is 6.07 Å². The molecule has 1 saturated heterocycles. The Balaban J connectivity index is 2.27. The van der Waals surface area contributed by atoms with Crippen molar-refractivity contribution in [3.8, 4) is 6.07 Å². The molecule has 1 atom stereocenters. The molecule has 0 spiro atoms. The fraction of sp³-hybridized carbons (Fsp3) is 0.619. The number of halogens is 3. The summed E-state index contributed by atoms with van der Waals surface area (Å²) in [5.41, 5.74) is -2.96. The largest absolute Gasteiger partial charge is 0.462 e. The lowest BCUT2D eigenvalue weighted by Crippen LogP contribution is -2.51. The van der Waals surface area contributed by atoms with Crippen LogP contribution < -0.4 is 10.2 Å². The predicted octanol–water partition coefficient (Wildman–Crippen LogP) is 3.05. The zero-order valence-corrected chi connectivity index (χ0v) is 18.5. The van der Waals surface area contributed by atoms with E-state index >= 15 is 0 Å². The molecule has 176 valence electrons. The summed E-state index contributed by atoms with van der Waals surface area (Å²) in [5.74, 6) is -1.71. The number of rotatable bonds is 6. The summed E-state index contributed by atoms with van der Waals surface area (Å²) in [7, 11) is 0. The van der Waals surface area contributed by atoms with Gasteiger partial charge in [0.05, 0.1) is 17.7 Å². The number of alkyl halides is 3. The Morgan fingerprint density at radius 3 is 2.59 bits per heavy atom. The minimum Gasteiger partial charge on any atom is -0.462 e. The molecular weight excluding hydrogens is 429 g/mol. The number of aromatic nitrogens is 1. The van der Waals surface area contributed by atoms with Gasteiger partial charge in [0, 0.05) is 32.1 Å². The summed E-state index contributed by atoms with van der Waals surface area (Å²) in [6, 6.07) is 2.48. The second-order valence-corrected chi connectivity index (χ2v) is 8.31. The Kier molecular flexibility index (Phi) is 8.07. The summed E-state index contributed by atoms with van der Waals surface area (Å²) in [5, 5.41) is 12.7. The lowest BCUT2D eigenvalue weighted by molar-refractivity contribution is -0.155. The first-order valence-electron chi connectivity index (χ1n) is 10.2. The molecule has 1 unspecified atom stereocenters. The minimum atomic E-state index is -4.91. The zero-order chi connectivity index (χ0) is 24.1. The Morgan fingerprint density at radius 2 is 2.03 bits per heavy atom. The summed E-state index contributed by atoms with van der Waals surface area (Å²) in [6.45, 7) is 7.61. The molecule has 1 aromatic rings. The highest BCUT2D eigenvalue weighted by Crippen LogP contribution is 2.34. The molecule has 0 radical (unpaired) electrons. The molecule has 8 nitrogen and oxygen atoms in total. The normalized spacial score (nSPS) is 16.9. The van der Waals surface area contributed by atoms with Gasteiger partial charge in [0.1, 0.15) is 17.5 Å². The van der Waals surface area contributed by atoms with E-state index in [1.807, 2.05) is 6.07 Å². The van der Waals surface area contributed by atoms with Crippen LogP contribution in [0.4, 0.5) is 19.0 Å². The molecule has 0 aliphatic carbocycles. The maximum Gasteiger partial charge on any atom is 0.434 e. The molecule has 1 fully saturated rings. The molecule has 2 heterocycles. The van der Waals surface area contributed by atoms with Gasteiger partial charge in [0.2, 0.25) is 0 Å². The van der Waals surface area contributed by atoms with E-state index in [4.69, 9.17) is 9.47 Å². The molecule has 0 bridgehead atoms. The van der Waals surface area contributed by atoms with Gasteiger partial charge < -0.3 is 19.7 Å². The van der Waals surface area contributed by atoms with Crippen LogP contribution in [-0.4, -0.2) is 54.8 Å². The maximum atomic E-state index is 13.6. The number of pyridine rings is 1. The molecule has 0 aromatic carbocycles. The standard InChI is InChI=1S/C21H27F3N4O4/c1-5-31-19(30)15-10-13(11-25)18(27-17(15)21(22,23)24)28-9-8-26-14(12-28)6-7-16(29)32-20(2,3)4/h10,14,26H,5-9,12H2,1-4H3. The quantitative estimate of drug-likeness (QED) is 0.652. The van der Waals surface area contributed by atoms with E-state index in [0.29, 0.717) is 19.5 Å². The first-order chi connectivity index (χ1) is 14.9. The molecule has 2 rings (SSSR count). The number of nitrogens with zero attached hydrogens (tertiary/aromatic N) is 3. The van der Waals surface area contributed by atoms with E-state index in [1.54, 1.807) is 25.7 Å². The molecule has 32 heavy (non-hydrogen) atoms. The van der Waals surface area contributed by atoms with Crippen molar-refractivity contribution < 1.29 is 32.2 Å². The van der Waals surface area contributed by atoms with Gasteiger partial charge in [-0.15, -0.1) is 0 Å². The molecule has 1 aromatic heterocycles. The lowest BCUT2D eigenvalue weighted by atomic mass is 10.1. The molecule has 0 saturated carbocycles. The van der Waals surface area contributed by atoms with Crippen LogP contribution in [-0.2, 0) is 20.4 Å². The second kappa shape index (κ2) is 10.2. The van der Waals surface area contributed by atoms with Crippen molar-refractivity contribution in [3.05, 3.63) is 22.9 Å². The van der Waals surface area contributed by atoms with E-state index in [2.05, 4.69) is 10.3 Å². The lowest BCUT2D eigenvalue weighted by Gasteiger charge is -2.35. The van der Waals surface area contributed by atoms with E-state index in [0.717, 1.165) is 6.07 Å². The van der Waals surface area contributed by atoms with Crippen molar-refractivity contribution in [1.29, 1.82) is 5.26 Å². The van der Waals surface area contributed by atoms with Crippen molar-refractivity contribution in [1.82, 2.24) is 10.3 Å². The number of piperazine rings is 1. The topological polar surface area (TPSA) is 105 Å². The number of esters is 2. The van der Waals surface area contributed by atoms with Crippen LogP contribution in [0.3, 0.4) is 0 Å². The smallest absolute Gasteiger partial charge is 0.434 e. The highest BCUT2D eigenvalue weighted by molar-refractivity contribution is 5.92. The SMILES string of the molecule is CCOC(=O)c1cc(C#N)c(N2CCNC(CCC(=O)OC(C)(C)C)C2)nc1C(F)(F)F. The van der Waals surface area contributed by atoms with Crippen molar-refractivity contribution in [2.45, 2.75) is 58.4 Å². The maximum absolute atomic E-state index is 13.6. The first-order valence-corrected chi connectivity index (χ1v) is 10.2. The third-order valence-electron chi connectivity index (χ3n) is 4.56. The fourth-order valence-electron chi connectivity index (χ4n) is 3.30. The van der Waals surface area contributed by atoms with Crippen LogP contribution >= 0.6 is 0 Å². The molecule has 1 aliphatic rings. The Bertz CT molecular complexity index is 891. The van der Waals surface area contributed by atoms with Crippen molar-refractivity contribution in [2.75, 3.05) is 31.1 Å². The fourth-order valence-corrected chi connectivity index (χ4v) is 3.30. The molecule has 0 amide bonds. The Hall–Kier alpha value is -2.87. The number of anilines is 1. The van der Waals surface area contributed by atoms with Gasteiger partial charge >= 0.3 is 18.1 Å². The summed E-state index contributed by atoms with van der Waals surface area (Å²) >= 11 is 0. The number of carbonyl (C=O) groups excluding carboxylic acids is 2. The van der Waals surface area contributed by atoms with Crippen LogP contribution in [0.2, 0.25) is 0 Å². The molecular formula is C21H27F3N4O4. The number of ether oxygens (including phenoxy) is 2. The average Bonchev–Trinajstić information content (AvgIpc) is 2.69. The summed E-state index contributed by atoms with van der Waals surface area (Å²) in [4.78, 5) is 29.2. The summed E-state index contributed by atoms with van der Waals surface area (Å²) < 4.78 is 50.8. The number of carbonyl (C=O) groups is 2. The Labute approximate surface area is 184 Å². The van der Waals surface area contributed by atoms with Gasteiger partial charge in [0.15, 0.2) is 5.69 Å². The number of hydrogen-bond acceptors (Lipinski definition) is 8. The van der Waals surface area contributed by atoms with Crippen molar-refractivity contribution in [2.24, 2.45) is 0 Å². The van der Waals surface area contributed by atoms with Gasteiger partial charge in [-0.25, -0.2) is 9.78 Å². The summed E-state index contributed by atoms with van der Waals surface area (Å²) in [6.07, 6.45) is -4.37. The van der Waals surface area contributed by atoms with Gasteiger partial charge in [-0.3, -0.25) is 4.79 Å². The number of nitrogens with one attached hydrogen (secondary N) is 1. The van der Waals surface area contributed by atoms with Crippen LogP contribution in [0.1, 0.15) is 62.2 Å². The van der Waals surface area contributed by atoms with Gasteiger partial charge in [-0.2, -0.15) is 18.4 Å². The van der Waals surface area contributed by atoms with E-state index < -0.39 is 29.0 Å². The van der Waals surface area contributed by atoms with Gasteiger partial charge in [0.25, 0.3) is 0 Å². The minimum absolute atomic E-state index is 0.114. The third kappa shape index (κ3) is 6.82. The highest BCUT2D eigenvalue weighted by atomic mass is 19.4. The third-order valence-corrected chi connectivity index (χ3v) is 4.56. The number of hydrogen-bond donors (Lipinski definition) is 1. The van der Waals surface area contributed by atoms with Gasteiger partial charge in [-0.1, -0.05) is 0 Å². The van der Waals surface area contributed by atoms with Crippen molar-refractivity contribution >= 4 is 17.8 Å². The van der Waals surface area contributed by atoms with E-state index in [9.17, 15) is 28.0 Å². The molecule has 1 N–H and O–H groups in total. The monoisotopic (exact) mass is 456 g/mol. The highest BCUT2D eigenvalue weighted by Gasteiger charge is 2.40. The van der Waals surface area contributed by atoms with Crippen LogP contribution in [0.5, 0.6) is 0 Å². The van der Waals surface area contributed by atoms with Crippen molar-refractivity contribution in [3.63, 3.8) is 0 Å². The first kappa shape index (κ1) is 25.4. The average molecular weight is 456 g/mol. The Morgan fingerprint density at radius 1 is 1.34 bits per heavy atom.